The van der Waals surface area contributed by atoms with Crippen LogP contribution in [0.1, 0.15) is 11.1 Å². The van der Waals surface area contributed by atoms with Crippen LogP contribution < -0.4 is 5.43 Å². The number of hydrogen-bond donors (Lipinski definition) is 2. The molecule has 0 saturated heterocycles. The second-order valence-electron chi connectivity index (χ2n) is 3.51. The van der Waals surface area contributed by atoms with Gasteiger partial charge in [0, 0.05) is 5.56 Å². The van der Waals surface area contributed by atoms with Gasteiger partial charge in [0.05, 0.1) is 30.0 Å². The summed E-state index contributed by atoms with van der Waals surface area (Å²) in [5.74, 6) is 0. The van der Waals surface area contributed by atoms with E-state index in [9.17, 15) is 18.0 Å². The fraction of sp³-hybridized carbons (Fsp3) is 0.273. The molecule has 20 heavy (non-hydrogen) atoms. The molecule has 0 atom stereocenters. The molecule has 0 bridgehead atoms. The zero-order valence-electron chi connectivity index (χ0n) is 10.2. The molecule has 0 saturated carbocycles. The molecule has 1 amide bonds. The Labute approximate surface area is 117 Å². The first-order valence-electron chi connectivity index (χ1n) is 5.18. The quantitative estimate of drug-likeness (QED) is 0.665. The minimum Gasteiger partial charge on any atom is -0.452 e. The highest BCUT2D eigenvalue weighted by atomic mass is 35.5. The number of carbonyl (C=O) groups excluding carboxylic acids is 1. The number of nitrogens with one attached hydrogen (secondary N) is 1. The van der Waals surface area contributed by atoms with Gasteiger partial charge < -0.3 is 9.84 Å². The van der Waals surface area contributed by atoms with Gasteiger partial charge in [-0.1, -0.05) is 17.7 Å². The predicted molar refractivity (Wildman–Crippen MR) is 65.6 cm³/mol. The second kappa shape index (κ2) is 6.58. The summed E-state index contributed by atoms with van der Waals surface area (Å²) in [6.45, 7) is -0.678. The summed E-state index contributed by atoms with van der Waals surface area (Å²) in [6, 6.07) is 3.00. The summed E-state index contributed by atoms with van der Waals surface area (Å²) in [6.07, 6.45) is -5.55. The van der Waals surface area contributed by atoms with Crippen LogP contribution in [0.25, 0.3) is 0 Å². The van der Waals surface area contributed by atoms with Crippen LogP contribution in [0.15, 0.2) is 23.3 Å². The molecule has 5 nitrogen and oxygen atoms in total. The normalized spacial score (nSPS) is 12.2. The summed E-state index contributed by atoms with van der Waals surface area (Å²) < 4.78 is 42.3. The first kappa shape index (κ1) is 16.3. The van der Waals surface area contributed by atoms with E-state index < -0.39 is 29.5 Å². The van der Waals surface area contributed by atoms with Crippen LogP contribution in [-0.4, -0.2) is 30.6 Å². The smallest absolute Gasteiger partial charge is 0.427 e. The van der Waals surface area contributed by atoms with Crippen molar-refractivity contribution in [3.05, 3.63) is 34.3 Å². The summed E-state index contributed by atoms with van der Waals surface area (Å²) >= 11 is 5.47. The fourth-order valence-corrected chi connectivity index (χ4v) is 1.50. The molecule has 0 spiro atoms. The second-order valence-corrected chi connectivity index (χ2v) is 3.92. The molecule has 0 aromatic heterocycles. The lowest BCUT2D eigenvalue weighted by molar-refractivity contribution is -0.137. The zero-order valence-corrected chi connectivity index (χ0v) is 10.9. The molecule has 0 aliphatic rings. The first-order valence-corrected chi connectivity index (χ1v) is 5.56. The van der Waals surface area contributed by atoms with E-state index in [1.165, 1.54) is 6.07 Å². The van der Waals surface area contributed by atoms with Gasteiger partial charge in [-0.2, -0.15) is 18.3 Å². The predicted octanol–water partition coefficient (Wildman–Crippen LogP) is 2.41. The lowest BCUT2D eigenvalue weighted by Gasteiger charge is -2.11. The van der Waals surface area contributed by atoms with Gasteiger partial charge in [-0.3, -0.25) is 0 Å². The summed E-state index contributed by atoms with van der Waals surface area (Å²) in [5, 5.41) is 12.1. The number of halogens is 4. The number of hydrogen-bond acceptors (Lipinski definition) is 4. The molecule has 0 aliphatic carbocycles. The Morgan fingerprint density at radius 3 is 2.65 bits per heavy atom. The number of nitrogens with zero attached hydrogens (tertiary/aromatic N) is 1. The Morgan fingerprint density at radius 1 is 1.50 bits per heavy atom. The Hall–Kier alpha value is -1.80. The zero-order chi connectivity index (χ0) is 15.3. The van der Waals surface area contributed by atoms with Gasteiger partial charge in [0.2, 0.25) is 0 Å². The number of alkyl halides is 3. The minimum atomic E-state index is -4.64. The highest BCUT2D eigenvalue weighted by Crippen LogP contribution is 2.35. The molecule has 0 fully saturated rings. The van der Waals surface area contributed by atoms with Crippen LogP contribution in [0.5, 0.6) is 0 Å². The number of hydrazone groups is 1. The Balaban J connectivity index is 3.14. The van der Waals surface area contributed by atoms with Gasteiger partial charge in [0.1, 0.15) is 0 Å². The third kappa shape index (κ3) is 4.10. The van der Waals surface area contributed by atoms with Crippen molar-refractivity contribution in [2.75, 3.05) is 13.7 Å². The van der Waals surface area contributed by atoms with E-state index >= 15 is 0 Å². The standard InChI is InChI=1S/C11H10ClF3N2O3/c1-20-10(19)17-16-9(5-18)6-2-3-8(12)7(4-6)11(13,14)15/h2-4,18H,5H2,1H3,(H,17,19). The van der Waals surface area contributed by atoms with Crippen molar-refractivity contribution in [2.24, 2.45) is 5.10 Å². The Bertz CT molecular complexity index is 532. The topological polar surface area (TPSA) is 70.9 Å². The molecule has 2 N–H and O–H groups in total. The van der Waals surface area contributed by atoms with Crippen LogP contribution in [0.4, 0.5) is 18.0 Å². The van der Waals surface area contributed by atoms with Gasteiger partial charge in [-0.05, 0) is 12.1 Å². The third-order valence-corrected chi connectivity index (χ3v) is 2.55. The Kier molecular flexibility index (Phi) is 5.34. The van der Waals surface area contributed by atoms with Crippen molar-refractivity contribution in [3.63, 3.8) is 0 Å². The largest absolute Gasteiger partial charge is 0.452 e. The van der Waals surface area contributed by atoms with E-state index in [1.807, 2.05) is 5.43 Å². The average Bonchev–Trinajstić information content (AvgIpc) is 2.39. The van der Waals surface area contributed by atoms with Gasteiger partial charge >= 0.3 is 12.3 Å². The van der Waals surface area contributed by atoms with Crippen molar-refractivity contribution in [1.29, 1.82) is 0 Å². The molecule has 1 aromatic carbocycles. The highest BCUT2D eigenvalue weighted by molar-refractivity contribution is 6.31. The Morgan fingerprint density at radius 2 is 2.15 bits per heavy atom. The molecule has 0 radical (unpaired) electrons. The lowest BCUT2D eigenvalue weighted by atomic mass is 10.1. The van der Waals surface area contributed by atoms with E-state index in [0.29, 0.717) is 0 Å². The van der Waals surface area contributed by atoms with E-state index in [2.05, 4.69) is 9.84 Å². The van der Waals surface area contributed by atoms with Crippen molar-refractivity contribution >= 4 is 23.4 Å². The van der Waals surface area contributed by atoms with Crippen LogP contribution >= 0.6 is 11.6 Å². The molecule has 0 aliphatic heterocycles. The molecule has 9 heteroatoms. The molecule has 0 unspecified atom stereocenters. The number of aliphatic hydroxyl groups excluding tert-OH is 1. The number of amides is 1. The maximum atomic E-state index is 12.7. The molecule has 1 aromatic rings. The van der Waals surface area contributed by atoms with Crippen molar-refractivity contribution < 1.29 is 27.8 Å². The molecular weight excluding hydrogens is 301 g/mol. The molecule has 110 valence electrons. The molecule has 0 heterocycles. The number of rotatable bonds is 3. The minimum absolute atomic E-state index is 0.0272. The van der Waals surface area contributed by atoms with Crippen molar-refractivity contribution in [1.82, 2.24) is 5.43 Å². The van der Waals surface area contributed by atoms with E-state index in [0.717, 1.165) is 19.2 Å². The van der Waals surface area contributed by atoms with E-state index in [-0.39, 0.29) is 11.3 Å². The number of methoxy groups -OCH3 is 1. The van der Waals surface area contributed by atoms with E-state index in [4.69, 9.17) is 16.7 Å². The maximum absolute atomic E-state index is 12.7. The third-order valence-electron chi connectivity index (χ3n) is 2.22. The number of ether oxygens (including phenoxy) is 1. The first-order chi connectivity index (χ1) is 9.29. The van der Waals surface area contributed by atoms with Gasteiger partial charge in [-0.25, -0.2) is 10.2 Å². The molecular formula is C11H10ClF3N2O3. The number of benzene rings is 1. The van der Waals surface area contributed by atoms with Crippen molar-refractivity contribution in [2.45, 2.75) is 6.18 Å². The van der Waals surface area contributed by atoms with Crippen LogP contribution in [-0.2, 0) is 10.9 Å². The van der Waals surface area contributed by atoms with Crippen LogP contribution in [0.3, 0.4) is 0 Å². The number of aliphatic hydroxyl groups is 1. The van der Waals surface area contributed by atoms with Crippen LogP contribution in [0, 0.1) is 0 Å². The van der Waals surface area contributed by atoms with Gasteiger partial charge in [-0.15, -0.1) is 0 Å². The SMILES string of the molecule is COC(=O)NN=C(CO)c1ccc(Cl)c(C(F)(F)F)c1. The maximum Gasteiger partial charge on any atom is 0.427 e. The van der Waals surface area contributed by atoms with E-state index in [1.54, 1.807) is 0 Å². The van der Waals surface area contributed by atoms with Crippen LogP contribution in [0.2, 0.25) is 5.02 Å². The summed E-state index contributed by atoms with van der Waals surface area (Å²) in [5.41, 5.74) is 0.652. The summed E-state index contributed by atoms with van der Waals surface area (Å²) in [7, 11) is 1.09. The average molecular weight is 311 g/mol. The van der Waals surface area contributed by atoms with Crippen molar-refractivity contribution in [3.8, 4) is 0 Å². The molecule has 1 rings (SSSR count). The van der Waals surface area contributed by atoms with Gasteiger partial charge in [0.25, 0.3) is 0 Å². The number of carbonyl (C=O) groups is 1. The highest BCUT2D eigenvalue weighted by Gasteiger charge is 2.33. The fourth-order valence-electron chi connectivity index (χ4n) is 1.27. The lowest BCUT2D eigenvalue weighted by Crippen LogP contribution is -2.21. The summed E-state index contributed by atoms with van der Waals surface area (Å²) in [4.78, 5) is 10.8. The van der Waals surface area contributed by atoms with Gasteiger partial charge in [0.15, 0.2) is 0 Å². The monoisotopic (exact) mass is 310 g/mol.